The van der Waals surface area contributed by atoms with Crippen molar-refractivity contribution in [3.63, 3.8) is 0 Å². The first-order valence-corrected chi connectivity index (χ1v) is 8.03. The summed E-state index contributed by atoms with van der Waals surface area (Å²) < 4.78 is 13.2. The van der Waals surface area contributed by atoms with Crippen molar-refractivity contribution < 1.29 is 4.39 Å². The Hall–Kier alpha value is -0.890. The summed E-state index contributed by atoms with van der Waals surface area (Å²) >= 11 is 0. The van der Waals surface area contributed by atoms with Crippen molar-refractivity contribution in [3.05, 3.63) is 35.1 Å². The van der Waals surface area contributed by atoms with E-state index >= 15 is 0 Å². The maximum atomic E-state index is 13.2. The number of nitrogens with one attached hydrogen (secondary N) is 1. The molecule has 1 aromatic rings. The van der Waals surface area contributed by atoms with E-state index in [-0.39, 0.29) is 5.82 Å². The van der Waals surface area contributed by atoms with Crippen LogP contribution in [0.15, 0.2) is 18.2 Å². The van der Waals surface area contributed by atoms with Gasteiger partial charge in [0.15, 0.2) is 0 Å². The van der Waals surface area contributed by atoms with E-state index in [2.05, 4.69) is 26.1 Å². The molecule has 0 radical (unpaired) electrons. The molecule has 1 nitrogen and oxygen atoms in total. The van der Waals surface area contributed by atoms with E-state index in [4.69, 9.17) is 0 Å². The van der Waals surface area contributed by atoms with Crippen molar-refractivity contribution in [3.8, 4) is 0 Å². The normalized spacial score (nSPS) is 18.3. The molecule has 0 aromatic heterocycles. The molecule has 2 rings (SSSR count). The summed E-state index contributed by atoms with van der Waals surface area (Å²) in [5.74, 6) is -0.107. The van der Waals surface area contributed by atoms with Crippen LogP contribution in [0, 0.1) is 11.2 Å². The first kappa shape index (κ1) is 15.5. The fraction of sp³-hybridized carbons (Fsp3) is 0.667. The Balaban J connectivity index is 1.87. The monoisotopic (exact) mass is 277 g/mol. The largest absolute Gasteiger partial charge is 0.309 e. The number of fused-ring (bicyclic) bond motifs is 1. The van der Waals surface area contributed by atoms with Crippen LogP contribution in [0.4, 0.5) is 4.39 Å². The lowest BCUT2D eigenvalue weighted by Crippen LogP contribution is -2.31. The molecule has 2 heteroatoms. The highest BCUT2D eigenvalue weighted by atomic mass is 19.1. The molecule has 0 fully saturated rings. The molecule has 0 saturated carbocycles. The maximum absolute atomic E-state index is 13.2. The van der Waals surface area contributed by atoms with Crippen molar-refractivity contribution in [2.75, 3.05) is 6.54 Å². The van der Waals surface area contributed by atoms with Gasteiger partial charge in [0.1, 0.15) is 5.82 Å². The van der Waals surface area contributed by atoms with Crippen LogP contribution in [0.25, 0.3) is 0 Å². The Bertz CT molecular complexity index is 439. The fourth-order valence-corrected chi connectivity index (χ4v) is 3.14. The Morgan fingerprint density at radius 2 is 2.10 bits per heavy atom. The van der Waals surface area contributed by atoms with Gasteiger partial charge in [0.25, 0.3) is 0 Å². The van der Waals surface area contributed by atoms with Crippen molar-refractivity contribution >= 4 is 0 Å². The molecule has 1 aromatic carbocycles. The number of benzene rings is 1. The predicted octanol–water partition coefficient (Wildman–Crippen LogP) is 5.01. The van der Waals surface area contributed by atoms with Crippen molar-refractivity contribution in [1.29, 1.82) is 0 Å². The zero-order valence-electron chi connectivity index (χ0n) is 13.1. The van der Waals surface area contributed by atoms with Gasteiger partial charge in [-0.05, 0) is 47.9 Å². The highest BCUT2D eigenvalue weighted by Crippen LogP contribution is 2.33. The van der Waals surface area contributed by atoms with Gasteiger partial charge in [-0.25, -0.2) is 4.39 Å². The Kier molecular flexibility index (Phi) is 5.20. The molecule has 0 amide bonds. The average molecular weight is 277 g/mol. The summed E-state index contributed by atoms with van der Waals surface area (Å²) in [4.78, 5) is 0. The first-order chi connectivity index (χ1) is 9.52. The van der Waals surface area contributed by atoms with E-state index in [1.54, 1.807) is 12.1 Å². The summed E-state index contributed by atoms with van der Waals surface area (Å²) in [5, 5.41) is 3.70. The highest BCUT2D eigenvalue weighted by Gasteiger charge is 2.25. The van der Waals surface area contributed by atoms with Gasteiger partial charge >= 0.3 is 0 Å². The highest BCUT2D eigenvalue weighted by molar-refractivity contribution is 5.34. The number of hydrogen-bond donors (Lipinski definition) is 1. The second kappa shape index (κ2) is 6.71. The number of rotatable bonds is 7. The molecule has 1 aliphatic carbocycles. The van der Waals surface area contributed by atoms with Crippen LogP contribution in [0.2, 0.25) is 0 Å². The molecule has 1 N–H and O–H groups in total. The van der Waals surface area contributed by atoms with Crippen LogP contribution in [0.5, 0.6) is 0 Å². The van der Waals surface area contributed by atoms with Gasteiger partial charge < -0.3 is 5.32 Å². The van der Waals surface area contributed by atoms with Crippen molar-refractivity contribution in [2.45, 2.75) is 65.3 Å². The predicted molar refractivity (Wildman–Crippen MR) is 83.4 cm³/mol. The molecule has 0 bridgehead atoms. The van der Waals surface area contributed by atoms with Gasteiger partial charge in [-0.3, -0.25) is 0 Å². The van der Waals surface area contributed by atoms with Gasteiger partial charge in [-0.1, -0.05) is 46.1 Å². The molecular formula is C18H28FN. The van der Waals surface area contributed by atoms with E-state index in [9.17, 15) is 4.39 Å². The Morgan fingerprint density at radius 1 is 1.30 bits per heavy atom. The van der Waals surface area contributed by atoms with Crippen LogP contribution < -0.4 is 5.32 Å². The van der Waals surface area contributed by atoms with E-state index in [0.717, 1.165) is 19.4 Å². The molecule has 0 aliphatic heterocycles. The quantitative estimate of drug-likeness (QED) is 0.691. The lowest BCUT2D eigenvalue weighted by molar-refractivity contribution is 0.287. The maximum Gasteiger partial charge on any atom is 0.123 e. The second-order valence-corrected chi connectivity index (χ2v) is 6.94. The minimum atomic E-state index is -0.107. The third kappa shape index (κ3) is 4.05. The number of unbranched alkanes of at least 4 members (excludes halogenated alkanes) is 2. The summed E-state index contributed by atoms with van der Waals surface area (Å²) in [6.07, 6.45) is 7.30. The second-order valence-electron chi connectivity index (χ2n) is 6.94. The minimum absolute atomic E-state index is 0.107. The smallest absolute Gasteiger partial charge is 0.123 e. The van der Waals surface area contributed by atoms with Crippen LogP contribution in [-0.4, -0.2) is 6.54 Å². The molecule has 1 atom stereocenters. The summed E-state index contributed by atoms with van der Waals surface area (Å²) in [6.45, 7) is 7.98. The third-order valence-corrected chi connectivity index (χ3v) is 4.47. The van der Waals surface area contributed by atoms with E-state index in [1.807, 2.05) is 6.07 Å². The van der Waals surface area contributed by atoms with Crippen LogP contribution >= 0.6 is 0 Å². The number of aryl methyl sites for hydroxylation is 1. The summed E-state index contributed by atoms with van der Waals surface area (Å²) in [6, 6.07) is 5.66. The Morgan fingerprint density at radius 3 is 2.85 bits per heavy atom. The molecule has 1 aliphatic rings. The molecule has 20 heavy (non-hydrogen) atoms. The van der Waals surface area contributed by atoms with E-state index in [0.29, 0.717) is 11.5 Å². The standard InChI is InChI=1S/C18H28FN/c1-4-5-6-11-18(2,3)13-20-17-10-7-14-12-15(19)8-9-16(14)17/h8-9,12,17,20H,4-7,10-11,13H2,1-3H3. The average Bonchev–Trinajstić information content (AvgIpc) is 2.79. The topological polar surface area (TPSA) is 12.0 Å². The fourth-order valence-electron chi connectivity index (χ4n) is 3.14. The van der Waals surface area contributed by atoms with Gasteiger partial charge in [-0.2, -0.15) is 0 Å². The zero-order chi connectivity index (χ0) is 14.6. The van der Waals surface area contributed by atoms with E-state index < -0.39 is 0 Å². The molecule has 0 spiro atoms. The van der Waals surface area contributed by atoms with Gasteiger partial charge in [0, 0.05) is 12.6 Å². The third-order valence-electron chi connectivity index (χ3n) is 4.47. The van der Waals surface area contributed by atoms with Crippen molar-refractivity contribution in [2.24, 2.45) is 5.41 Å². The summed E-state index contributed by atoms with van der Waals surface area (Å²) in [5.41, 5.74) is 2.83. The van der Waals surface area contributed by atoms with Gasteiger partial charge in [0.2, 0.25) is 0 Å². The molecular weight excluding hydrogens is 249 g/mol. The lowest BCUT2D eigenvalue weighted by Gasteiger charge is -2.27. The molecule has 0 heterocycles. The van der Waals surface area contributed by atoms with E-state index in [1.165, 1.54) is 36.8 Å². The van der Waals surface area contributed by atoms with Crippen LogP contribution in [0.3, 0.4) is 0 Å². The first-order valence-electron chi connectivity index (χ1n) is 8.03. The van der Waals surface area contributed by atoms with Crippen molar-refractivity contribution in [1.82, 2.24) is 5.32 Å². The van der Waals surface area contributed by atoms with Gasteiger partial charge in [-0.15, -0.1) is 0 Å². The zero-order valence-corrected chi connectivity index (χ0v) is 13.1. The van der Waals surface area contributed by atoms with Crippen LogP contribution in [-0.2, 0) is 6.42 Å². The number of hydrogen-bond acceptors (Lipinski definition) is 1. The number of halogens is 1. The molecule has 112 valence electrons. The molecule has 1 unspecified atom stereocenters. The summed E-state index contributed by atoms with van der Waals surface area (Å²) in [7, 11) is 0. The lowest BCUT2D eigenvalue weighted by atomic mass is 9.86. The van der Waals surface area contributed by atoms with Crippen LogP contribution in [0.1, 0.15) is 70.0 Å². The SMILES string of the molecule is CCCCCC(C)(C)CNC1CCc2cc(F)ccc21. The minimum Gasteiger partial charge on any atom is -0.309 e. The van der Waals surface area contributed by atoms with Gasteiger partial charge in [0.05, 0.1) is 0 Å². The molecule has 0 saturated heterocycles. The Labute approximate surface area is 123 Å².